The summed E-state index contributed by atoms with van der Waals surface area (Å²) in [5.74, 6) is -3.63. The average molecular weight is 365 g/mol. The Hall–Kier alpha value is -2.62. The number of pyridine rings is 1. The van der Waals surface area contributed by atoms with Crippen LogP contribution in [0.2, 0.25) is 5.15 Å². The van der Waals surface area contributed by atoms with Gasteiger partial charge in [-0.1, -0.05) is 23.7 Å². The lowest BCUT2D eigenvalue weighted by molar-refractivity contribution is 0.0693. The van der Waals surface area contributed by atoms with Crippen LogP contribution in [0.25, 0.3) is 0 Å². The number of halogens is 1. The first-order valence-corrected chi connectivity index (χ1v) is 7.50. The van der Waals surface area contributed by atoms with Gasteiger partial charge in [0, 0.05) is 6.20 Å². The molecule has 1 heterocycles. The summed E-state index contributed by atoms with van der Waals surface area (Å²) in [5.41, 5.74) is -0.0250. The van der Waals surface area contributed by atoms with Crippen LogP contribution in [-0.4, -0.2) is 50.2 Å². The van der Waals surface area contributed by atoms with Gasteiger partial charge in [-0.3, -0.25) is 4.79 Å². The van der Waals surface area contributed by atoms with E-state index in [1.807, 2.05) is 0 Å². The molecule has 0 aliphatic heterocycles. The zero-order chi connectivity index (χ0) is 18.6. The van der Waals surface area contributed by atoms with E-state index in [2.05, 4.69) is 10.3 Å². The number of nitrogens with one attached hydrogen (secondary N) is 1. The molecular weight excluding hydrogens is 350 g/mol. The number of nitrogens with zero attached hydrogens (tertiary/aromatic N) is 1. The number of carbonyl (C=O) groups excluding carboxylic acids is 1. The van der Waals surface area contributed by atoms with Gasteiger partial charge in [0.05, 0.1) is 11.5 Å². The van der Waals surface area contributed by atoms with Crippen LogP contribution in [0.1, 0.15) is 26.3 Å². The van der Waals surface area contributed by atoms with Crippen LogP contribution >= 0.6 is 11.6 Å². The van der Waals surface area contributed by atoms with Crippen LogP contribution in [0.4, 0.5) is 0 Å². The van der Waals surface area contributed by atoms with Crippen molar-refractivity contribution in [2.75, 3.05) is 0 Å². The second-order valence-corrected chi connectivity index (χ2v) is 5.57. The Labute approximate surface area is 147 Å². The lowest BCUT2D eigenvalue weighted by Crippen LogP contribution is -2.48. The Morgan fingerprint density at radius 3 is 2.52 bits per heavy atom. The first-order valence-electron chi connectivity index (χ1n) is 7.12. The van der Waals surface area contributed by atoms with E-state index in [-0.39, 0.29) is 28.3 Å². The normalized spacial score (nSPS) is 11.6. The summed E-state index contributed by atoms with van der Waals surface area (Å²) < 4.78 is 0. The van der Waals surface area contributed by atoms with Gasteiger partial charge in [0.2, 0.25) is 0 Å². The fourth-order valence-electron chi connectivity index (χ4n) is 2.16. The van der Waals surface area contributed by atoms with Crippen LogP contribution < -0.4 is 5.32 Å². The lowest BCUT2D eigenvalue weighted by Gasteiger charge is -2.19. The highest BCUT2D eigenvalue weighted by molar-refractivity contribution is 6.43. The van der Waals surface area contributed by atoms with Gasteiger partial charge in [-0.05, 0) is 30.2 Å². The molecule has 0 aliphatic carbocycles. The Kier molecular flexibility index (Phi) is 5.97. The van der Waals surface area contributed by atoms with E-state index in [1.54, 1.807) is 0 Å². The van der Waals surface area contributed by atoms with Gasteiger partial charge in [-0.25, -0.2) is 9.78 Å². The maximum atomic E-state index is 12.1. The number of benzene rings is 1. The monoisotopic (exact) mass is 364 g/mol. The van der Waals surface area contributed by atoms with Gasteiger partial charge in [0.15, 0.2) is 0 Å². The van der Waals surface area contributed by atoms with Gasteiger partial charge in [0.1, 0.15) is 16.5 Å². The molecule has 5 N–H and O–H groups in total. The Balaban J connectivity index is 2.19. The Bertz CT molecular complexity index is 784. The molecule has 1 aromatic carbocycles. The number of carboxylic acid groups (broad SMARTS) is 1. The highest BCUT2D eigenvalue weighted by Gasteiger charge is 2.28. The first-order chi connectivity index (χ1) is 11.8. The lowest BCUT2D eigenvalue weighted by atomic mass is 9.75. The van der Waals surface area contributed by atoms with Crippen molar-refractivity contribution < 1.29 is 29.9 Å². The predicted molar refractivity (Wildman–Crippen MR) is 89.5 cm³/mol. The van der Waals surface area contributed by atoms with E-state index >= 15 is 0 Å². The molecule has 25 heavy (non-hydrogen) atoms. The highest BCUT2D eigenvalue weighted by atomic mass is 35.5. The molecule has 1 unspecified atom stereocenters. The molecule has 8 nitrogen and oxygen atoms in total. The summed E-state index contributed by atoms with van der Waals surface area (Å²) in [4.78, 5) is 26.9. The van der Waals surface area contributed by atoms with E-state index in [1.165, 1.54) is 36.5 Å². The number of hydrogen-bond donors (Lipinski definition) is 5. The van der Waals surface area contributed by atoms with Gasteiger partial charge in [-0.15, -0.1) is 0 Å². The number of hydrogen-bond acceptors (Lipinski definition) is 6. The second-order valence-electron chi connectivity index (χ2n) is 5.19. The predicted octanol–water partition coefficient (Wildman–Crippen LogP) is 0.492. The number of aromatic nitrogens is 1. The minimum absolute atomic E-state index is 0.146. The molecule has 1 aromatic heterocycles. The second kappa shape index (κ2) is 7.97. The quantitative estimate of drug-likeness (QED) is 0.371. The smallest absolute Gasteiger partial charge is 0.475 e. The molecule has 10 heteroatoms. The van der Waals surface area contributed by atoms with E-state index < -0.39 is 30.7 Å². The van der Waals surface area contributed by atoms with Crippen LogP contribution in [-0.2, 0) is 6.42 Å². The third-order valence-electron chi connectivity index (χ3n) is 3.46. The number of amides is 1. The molecule has 0 spiro atoms. The molecule has 0 bridgehead atoms. The fourth-order valence-corrected chi connectivity index (χ4v) is 2.27. The zero-order valence-electron chi connectivity index (χ0n) is 12.8. The molecule has 2 aromatic rings. The summed E-state index contributed by atoms with van der Waals surface area (Å²) in [6.07, 6.45) is 1.03. The van der Waals surface area contributed by atoms with Gasteiger partial charge in [-0.2, -0.15) is 0 Å². The SMILES string of the molecule is O=C(NC(Cc1cccc(C(=O)O)c1O)B(O)O)c1ccc(Cl)nc1. The minimum Gasteiger partial charge on any atom is -0.507 e. The highest BCUT2D eigenvalue weighted by Crippen LogP contribution is 2.24. The van der Waals surface area contributed by atoms with Crippen molar-refractivity contribution in [3.63, 3.8) is 0 Å². The first kappa shape index (κ1) is 18.7. The number of para-hydroxylation sites is 1. The zero-order valence-corrected chi connectivity index (χ0v) is 13.5. The topological polar surface area (TPSA) is 140 Å². The Morgan fingerprint density at radius 2 is 1.96 bits per heavy atom. The molecule has 0 radical (unpaired) electrons. The van der Waals surface area contributed by atoms with Crippen molar-refractivity contribution in [2.45, 2.75) is 12.4 Å². The number of carboxylic acids is 1. The number of carbonyl (C=O) groups is 2. The van der Waals surface area contributed by atoms with Gasteiger partial charge < -0.3 is 25.6 Å². The van der Waals surface area contributed by atoms with E-state index in [4.69, 9.17) is 16.7 Å². The van der Waals surface area contributed by atoms with Crippen molar-refractivity contribution in [3.05, 3.63) is 58.4 Å². The number of aromatic carboxylic acids is 1. The van der Waals surface area contributed by atoms with E-state index in [0.29, 0.717) is 0 Å². The largest absolute Gasteiger partial charge is 0.507 e. The Morgan fingerprint density at radius 1 is 1.24 bits per heavy atom. The van der Waals surface area contributed by atoms with Crippen molar-refractivity contribution in [1.29, 1.82) is 0 Å². The number of rotatable bonds is 6. The third kappa shape index (κ3) is 4.69. The molecular formula is C15H14BClN2O6. The third-order valence-corrected chi connectivity index (χ3v) is 3.68. The molecule has 130 valence electrons. The van der Waals surface area contributed by atoms with E-state index in [9.17, 15) is 24.7 Å². The maximum Gasteiger partial charge on any atom is 0.475 e. The van der Waals surface area contributed by atoms with Crippen molar-refractivity contribution in [3.8, 4) is 5.75 Å². The maximum absolute atomic E-state index is 12.1. The molecule has 1 amide bonds. The van der Waals surface area contributed by atoms with Crippen molar-refractivity contribution in [2.24, 2.45) is 0 Å². The van der Waals surface area contributed by atoms with E-state index in [0.717, 1.165) is 0 Å². The fraction of sp³-hybridized carbons (Fsp3) is 0.133. The number of phenols is 1. The summed E-state index contributed by atoms with van der Waals surface area (Å²) >= 11 is 5.64. The summed E-state index contributed by atoms with van der Waals surface area (Å²) in [6, 6.07) is 6.86. The summed E-state index contributed by atoms with van der Waals surface area (Å²) in [5, 5.41) is 40.6. The summed E-state index contributed by atoms with van der Waals surface area (Å²) in [7, 11) is -1.93. The molecule has 0 aliphatic rings. The van der Waals surface area contributed by atoms with Crippen LogP contribution in [0.3, 0.4) is 0 Å². The molecule has 0 fully saturated rings. The van der Waals surface area contributed by atoms with Gasteiger partial charge in [0.25, 0.3) is 5.91 Å². The van der Waals surface area contributed by atoms with Crippen LogP contribution in [0, 0.1) is 0 Å². The van der Waals surface area contributed by atoms with Gasteiger partial charge >= 0.3 is 13.1 Å². The molecule has 0 saturated carbocycles. The number of aromatic hydroxyl groups is 1. The van der Waals surface area contributed by atoms with Crippen molar-refractivity contribution in [1.82, 2.24) is 10.3 Å². The summed E-state index contributed by atoms with van der Waals surface area (Å²) in [6.45, 7) is 0. The van der Waals surface area contributed by atoms with Crippen molar-refractivity contribution >= 4 is 30.6 Å². The molecule has 1 atom stereocenters. The van der Waals surface area contributed by atoms with Crippen LogP contribution in [0.15, 0.2) is 36.5 Å². The molecule has 0 saturated heterocycles. The van der Waals surface area contributed by atoms with Crippen LogP contribution in [0.5, 0.6) is 5.75 Å². The molecule has 2 rings (SSSR count). The standard InChI is InChI=1S/C15H14BClN2O6/c17-12-5-4-9(7-18-12)14(21)19-11(16(24)25)6-8-2-1-3-10(13(8)20)15(22)23/h1-5,7,11,20,24-25H,6H2,(H,19,21)(H,22,23). The average Bonchev–Trinajstić information content (AvgIpc) is 2.56. The minimum atomic E-state index is -1.93.